The minimum atomic E-state index is -0.421. The Morgan fingerprint density at radius 2 is 1.67 bits per heavy atom. The molecule has 0 saturated heterocycles. The molecule has 24 heavy (non-hydrogen) atoms. The predicted octanol–water partition coefficient (Wildman–Crippen LogP) is 2.73. The van der Waals surface area contributed by atoms with Crippen molar-refractivity contribution in [1.82, 2.24) is 9.13 Å². The summed E-state index contributed by atoms with van der Waals surface area (Å²) in [5.41, 5.74) is 2.84. The van der Waals surface area contributed by atoms with Crippen molar-refractivity contribution in [1.29, 1.82) is 0 Å². The van der Waals surface area contributed by atoms with Crippen LogP contribution < -0.4 is 5.69 Å². The smallest absolute Gasteiger partial charge is 0.299 e. The minimum absolute atomic E-state index is 0.0642. The molecule has 3 rings (SSSR count). The van der Waals surface area contributed by atoms with E-state index in [-0.39, 0.29) is 11.4 Å². The molecule has 122 valence electrons. The van der Waals surface area contributed by atoms with Crippen LogP contribution in [0.15, 0.2) is 65.6 Å². The Kier molecular flexibility index (Phi) is 4.29. The Labute approximate surface area is 138 Å². The molecule has 0 saturated carbocycles. The second kappa shape index (κ2) is 6.54. The SMILES string of the molecule is Cn1c(Cc2ccc([N+](=O)[O-])cc2)cn(Cc2ccccc2)c1=O. The summed E-state index contributed by atoms with van der Waals surface area (Å²) in [5.74, 6) is 0. The van der Waals surface area contributed by atoms with Gasteiger partial charge in [-0.1, -0.05) is 42.5 Å². The van der Waals surface area contributed by atoms with Crippen molar-refractivity contribution in [2.75, 3.05) is 0 Å². The number of nitrogens with zero attached hydrogens (tertiary/aromatic N) is 3. The summed E-state index contributed by atoms with van der Waals surface area (Å²) in [6.45, 7) is 0.522. The van der Waals surface area contributed by atoms with Crippen molar-refractivity contribution in [3.05, 3.63) is 98.2 Å². The van der Waals surface area contributed by atoms with Crippen LogP contribution in [0.5, 0.6) is 0 Å². The molecule has 0 radical (unpaired) electrons. The highest BCUT2D eigenvalue weighted by molar-refractivity contribution is 5.34. The molecule has 1 heterocycles. The summed E-state index contributed by atoms with van der Waals surface area (Å²) in [4.78, 5) is 22.6. The number of imidazole rings is 1. The zero-order valence-corrected chi connectivity index (χ0v) is 13.3. The zero-order valence-electron chi connectivity index (χ0n) is 13.3. The Morgan fingerprint density at radius 3 is 2.29 bits per heavy atom. The lowest BCUT2D eigenvalue weighted by molar-refractivity contribution is -0.384. The van der Waals surface area contributed by atoms with Crippen molar-refractivity contribution in [3.8, 4) is 0 Å². The monoisotopic (exact) mass is 323 g/mol. The third kappa shape index (κ3) is 3.27. The van der Waals surface area contributed by atoms with Gasteiger partial charge in [0, 0.05) is 37.5 Å². The highest BCUT2D eigenvalue weighted by Crippen LogP contribution is 2.15. The highest BCUT2D eigenvalue weighted by Gasteiger charge is 2.10. The van der Waals surface area contributed by atoms with E-state index in [0.717, 1.165) is 16.8 Å². The first-order chi connectivity index (χ1) is 11.5. The van der Waals surface area contributed by atoms with Crippen LogP contribution in [0.25, 0.3) is 0 Å². The van der Waals surface area contributed by atoms with E-state index in [4.69, 9.17) is 0 Å². The third-order valence-electron chi connectivity index (χ3n) is 4.00. The zero-order chi connectivity index (χ0) is 17.1. The van der Waals surface area contributed by atoms with Gasteiger partial charge in [0.25, 0.3) is 5.69 Å². The average molecular weight is 323 g/mol. The topological polar surface area (TPSA) is 70.1 Å². The number of aromatic nitrogens is 2. The van der Waals surface area contributed by atoms with Gasteiger partial charge in [-0.25, -0.2) is 4.79 Å². The van der Waals surface area contributed by atoms with E-state index < -0.39 is 4.92 Å². The molecule has 0 unspecified atom stereocenters. The molecule has 0 aliphatic rings. The van der Waals surface area contributed by atoms with Gasteiger partial charge in [-0.15, -0.1) is 0 Å². The van der Waals surface area contributed by atoms with Crippen molar-refractivity contribution in [2.45, 2.75) is 13.0 Å². The lowest BCUT2D eigenvalue weighted by Gasteiger charge is -2.01. The molecule has 3 aromatic rings. The van der Waals surface area contributed by atoms with Gasteiger partial charge in [-0.05, 0) is 11.1 Å². The van der Waals surface area contributed by atoms with E-state index in [9.17, 15) is 14.9 Å². The number of nitro benzene ring substituents is 1. The molecule has 1 aromatic heterocycles. The van der Waals surface area contributed by atoms with E-state index in [1.165, 1.54) is 12.1 Å². The fraction of sp³-hybridized carbons (Fsp3) is 0.167. The Bertz CT molecular complexity index is 909. The molecule has 0 aliphatic carbocycles. The molecule has 6 heteroatoms. The quantitative estimate of drug-likeness (QED) is 0.535. The van der Waals surface area contributed by atoms with Gasteiger partial charge in [0.1, 0.15) is 0 Å². The number of hydrogen-bond donors (Lipinski definition) is 0. The molecule has 0 amide bonds. The van der Waals surface area contributed by atoms with Crippen molar-refractivity contribution < 1.29 is 4.92 Å². The van der Waals surface area contributed by atoms with Gasteiger partial charge in [-0.2, -0.15) is 0 Å². The first-order valence-electron chi connectivity index (χ1n) is 7.57. The fourth-order valence-corrected chi connectivity index (χ4v) is 2.64. The number of non-ortho nitro benzene ring substituents is 1. The summed E-state index contributed by atoms with van der Waals surface area (Å²) in [6, 6.07) is 16.2. The maximum absolute atomic E-state index is 12.4. The van der Waals surface area contributed by atoms with Crippen molar-refractivity contribution in [2.24, 2.45) is 7.05 Å². The molecule has 0 atom stereocenters. The molecule has 0 N–H and O–H groups in total. The van der Waals surface area contributed by atoms with Gasteiger partial charge in [0.15, 0.2) is 0 Å². The van der Waals surface area contributed by atoms with Crippen molar-refractivity contribution in [3.63, 3.8) is 0 Å². The minimum Gasteiger partial charge on any atom is -0.299 e. The molecular weight excluding hydrogens is 306 g/mol. The summed E-state index contributed by atoms with van der Waals surface area (Å²) in [6.07, 6.45) is 2.39. The van der Waals surface area contributed by atoms with E-state index in [1.54, 1.807) is 28.3 Å². The molecule has 6 nitrogen and oxygen atoms in total. The highest BCUT2D eigenvalue weighted by atomic mass is 16.6. The summed E-state index contributed by atoms with van der Waals surface area (Å²) in [7, 11) is 1.74. The second-order valence-electron chi connectivity index (χ2n) is 5.68. The Morgan fingerprint density at radius 1 is 1.00 bits per heavy atom. The first-order valence-corrected chi connectivity index (χ1v) is 7.57. The van der Waals surface area contributed by atoms with Crippen LogP contribution in [0.4, 0.5) is 5.69 Å². The van der Waals surface area contributed by atoms with E-state index in [2.05, 4.69) is 0 Å². The predicted molar refractivity (Wildman–Crippen MR) is 91.1 cm³/mol. The lowest BCUT2D eigenvalue weighted by atomic mass is 10.1. The average Bonchev–Trinajstić information content (AvgIpc) is 2.84. The number of rotatable bonds is 5. The standard InChI is InChI=1S/C18H17N3O3/c1-19-17(11-14-7-9-16(10-8-14)21(23)24)13-20(18(19)22)12-15-5-3-2-4-6-15/h2-10,13H,11-12H2,1H3. The second-order valence-corrected chi connectivity index (χ2v) is 5.68. The number of nitro groups is 1. The molecular formula is C18H17N3O3. The fourth-order valence-electron chi connectivity index (χ4n) is 2.64. The Balaban J connectivity index is 1.83. The van der Waals surface area contributed by atoms with Gasteiger partial charge in [0.05, 0.1) is 11.5 Å². The number of hydrogen-bond acceptors (Lipinski definition) is 3. The van der Waals surface area contributed by atoms with Gasteiger partial charge >= 0.3 is 5.69 Å². The van der Waals surface area contributed by atoms with Crippen LogP contribution in [-0.2, 0) is 20.0 Å². The maximum Gasteiger partial charge on any atom is 0.328 e. The first kappa shape index (κ1) is 15.7. The van der Waals surface area contributed by atoms with E-state index >= 15 is 0 Å². The normalized spacial score (nSPS) is 10.7. The number of benzene rings is 2. The van der Waals surface area contributed by atoms with Crippen LogP contribution in [0.2, 0.25) is 0 Å². The van der Waals surface area contributed by atoms with E-state index in [0.29, 0.717) is 13.0 Å². The molecule has 0 aliphatic heterocycles. The molecule has 2 aromatic carbocycles. The van der Waals surface area contributed by atoms with Crippen molar-refractivity contribution >= 4 is 5.69 Å². The van der Waals surface area contributed by atoms with E-state index in [1.807, 2.05) is 36.5 Å². The molecule has 0 bridgehead atoms. The van der Waals surface area contributed by atoms with Crippen LogP contribution >= 0.6 is 0 Å². The van der Waals surface area contributed by atoms with Crippen LogP contribution in [-0.4, -0.2) is 14.1 Å². The maximum atomic E-state index is 12.4. The van der Waals surface area contributed by atoms with Crippen LogP contribution in [0.3, 0.4) is 0 Å². The summed E-state index contributed by atoms with van der Waals surface area (Å²) < 4.78 is 3.29. The summed E-state index contributed by atoms with van der Waals surface area (Å²) >= 11 is 0. The van der Waals surface area contributed by atoms with Gasteiger partial charge < -0.3 is 0 Å². The third-order valence-corrected chi connectivity index (χ3v) is 4.00. The van der Waals surface area contributed by atoms with Crippen LogP contribution in [0, 0.1) is 10.1 Å². The molecule has 0 fully saturated rings. The lowest BCUT2D eigenvalue weighted by Crippen LogP contribution is -2.23. The largest absolute Gasteiger partial charge is 0.328 e. The van der Waals surface area contributed by atoms with Gasteiger partial charge in [0.2, 0.25) is 0 Å². The van der Waals surface area contributed by atoms with Gasteiger partial charge in [-0.3, -0.25) is 19.2 Å². The summed E-state index contributed by atoms with van der Waals surface area (Å²) in [5, 5.41) is 10.7. The Hall–Kier alpha value is -3.15. The van der Waals surface area contributed by atoms with Crippen LogP contribution in [0.1, 0.15) is 16.8 Å². The molecule has 0 spiro atoms.